The van der Waals surface area contributed by atoms with E-state index in [1.807, 2.05) is 0 Å². The topological polar surface area (TPSA) is 137 Å². The molecule has 0 saturated carbocycles. The molecule has 1 aromatic heterocycles. The summed E-state index contributed by atoms with van der Waals surface area (Å²) in [5.41, 5.74) is 5.37. The monoisotopic (exact) mass is 372 g/mol. The third-order valence-electron chi connectivity index (χ3n) is 4.49. The molecule has 0 aliphatic carbocycles. The standard InChI is InChI=1S/C17H16N4O6/c18-13-5-6-20(17(25)19-13)14-7-11(22)12(27-14)8-26-21-15(23)9-3-1-2-4-10(9)16(21)24/h1-6,11-12,14,22H,7-8H2,(H2,18,19,25)/t11?,12-,14-/m1/s1. The quantitative estimate of drug-likeness (QED) is 0.698. The summed E-state index contributed by atoms with van der Waals surface area (Å²) >= 11 is 0. The van der Waals surface area contributed by atoms with Crippen molar-refractivity contribution >= 4 is 17.6 Å². The molecule has 0 spiro atoms. The van der Waals surface area contributed by atoms with E-state index in [0.29, 0.717) is 5.06 Å². The second-order valence-electron chi connectivity index (χ2n) is 6.22. The molecule has 2 aromatic rings. The van der Waals surface area contributed by atoms with E-state index in [2.05, 4.69) is 4.98 Å². The highest BCUT2D eigenvalue weighted by molar-refractivity contribution is 6.20. The van der Waals surface area contributed by atoms with Crippen molar-refractivity contribution in [3.05, 3.63) is 58.1 Å². The van der Waals surface area contributed by atoms with E-state index in [1.54, 1.807) is 12.1 Å². The van der Waals surface area contributed by atoms with Crippen LogP contribution in [-0.2, 0) is 9.57 Å². The summed E-state index contributed by atoms with van der Waals surface area (Å²) in [5, 5.41) is 10.8. The van der Waals surface area contributed by atoms with Gasteiger partial charge in [-0.2, -0.15) is 4.98 Å². The molecule has 10 nitrogen and oxygen atoms in total. The smallest absolute Gasteiger partial charge is 0.351 e. The molecule has 0 bridgehead atoms. The number of hydrogen-bond donors (Lipinski definition) is 2. The molecular weight excluding hydrogens is 356 g/mol. The predicted octanol–water partition coefficient (Wildman–Crippen LogP) is -0.298. The Morgan fingerprint density at radius 3 is 2.48 bits per heavy atom. The first-order valence-corrected chi connectivity index (χ1v) is 8.24. The average molecular weight is 372 g/mol. The van der Waals surface area contributed by atoms with Gasteiger partial charge in [0.1, 0.15) is 24.8 Å². The summed E-state index contributed by atoms with van der Waals surface area (Å²) < 4.78 is 6.86. The van der Waals surface area contributed by atoms with Crippen molar-refractivity contribution in [2.24, 2.45) is 0 Å². The minimum absolute atomic E-state index is 0.0836. The zero-order chi connectivity index (χ0) is 19.1. The molecule has 2 amide bonds. The number of anilines is 1. The third-order valence-corrected chi connectivity index (χ3v) is 4.49. The molecule has 1 unspecified atom stereocenters. The van der Waals surface area contributed by atoms with E-state index in [1.165, 1.54) is 29.0 Å². The van der Waals surface area contributed by atoms with Gasteiger partial charge in [-0.25, -0.2) is 4.79 Å². The van der Waals surface area contributed by atoms with Crippen LogP contribution < -0.4 is 11.4 Å². The Kier molecular flexibility index (Phi) is 4.22. The number of amides is 2. The van der Waals surface area contributed by atoms with Gasteiger partial charge in [0.15, 0.2) is 0 Å². The van der Waals surface area contributed by atoms with E-state index in [4.69, 9.17) is 15.3 Å². The van der Waals surface area contributed by atoms with Crippen LogP contribution in [0.25, 0.3) is 0 Å². The van der Waals surface area contributed by atoms with Gasteiger partial charge in [-0.15, -0.1) is 5.06 Å². The number of nitrogens with zero attached hydrogens (tertiary/aromatic N) is 3. The molecule has 27 heavy (non-hydrogen) atoms. The lowest BCUT2D eigenvalue weighted by Crippen LogP contribution is -2.36. The predicted molar refractivity (Wildman–Crippen MR) is 90.3 cm³/mol. The van der Waals surface area contributed by atoms with E-state index >= 15 is 0 Å². The maximum atomic E-state index is 12.3. The Labute approximate surface area is 152 Å². The van der Waals surface area contributed by atoms with Crippen LogP contribution in [0.5, 0.6) is 0 Å². The van der Waals surface area contributed by atoms with Gasteiger partial charge in [0.05, 0.1) is 17.2 Å². The van der Waals surface area contributed by atoms with Crippen LogP contribution in [-0.4, -0.2) is 50.3 Å². The third kappa shape index (κ3) is 2.99. The molecule has 3 heterocycles. The number of ether oxygens (including phenoxy) is 1. The van der Waals surface area contributed by atoms with Crippen molar-refractivity contribution in [3.8, 4) is 0 Å². The largest absolute Gasteiger partial charge is 0.390 e. The highest BCUT2D eigenvalue weighted by Crippen LogP contribution is 2.29. The number of benzene rings is 1. The van der Waals surface area contributed by atoms with Crippen LogP contribution in [0.4, 0.5) is 5.82 Å². The molecular formula is C17H16N4O6. The molecule has 140 valence electrons. The molecule has 3 N–H and O–H groups in total. The van der Waals surface area contributed by atoms with Crippen LogP contribution in [0, 0.1) is 0 Å². The van der Waals surface area contributed by atoms with E-state index < -0.39 is 35.9 Å². The lowest BCUT2D eigenvalue weighted by Gasteiger charge is -2.19. The summed E-state index contributed by atoms with van der Waals surface area (Å²) in [6.07, 6.45) is -0.980. The molecule has 4 rings (SSSR count). The summed E-state index contributed by atoms with van der Waals surface area (Å²) in [4.78, 5) is 45.4. The van der Waals surface area contributed by atoms with Gasteiger partial charge in [-0.1, -0.05) is 12.1 Å². The molecule has 3 atom stereocenters. The highest BCUT2D eigenvalue weighted by atomic mass is 16.7. The Hall–Kier alpha value is -3.08. The highest BCUT2D eigenvalue weighted by Gasteiger charge is 2.40. The lowest BCUT2D eigenvalue weighted by molar-refractivity contribution is -0.141. The van der Waals surface area contributed by atoms with Crippen LogP contribution in [0.1, 0.15) is 33.4 Å². The Morgan fingerprint density at radius 2 is 1.85 bits per heavy atom. The second kappa shape index (κ2) is 6.58. The fraction of sp³-hybridized carbons (Fsp3) is 0.294. The van der Waals surface area contributed by atoms with Crippen molar-refractivity contribution in [1.29, 1.82) is 0 Å². The summed E-state index contributed by atoms with van der Waals surface area (Å²) in [6.45, 7) is -0.236. The number of nitrogen functional groups attached to an aromatic ring is 1. The zero-order valence-electron chi connectivity index (χ0n) is 14.0. The minimum atomic E-state index is -0.949. The van der Waals surface area contributed by atoms with Crippen molar-refractivity contribution < 1.29 is 24.3 Å². The van der Waals surface area contributed by atoms with Crippen molar-refractivity contribution in [2.75, 3.05) is 12.3 Å². The summed E-state index contributed by atoms with van der Waals surface area (Å²) in [7, 11) is 0. The van der Waals surface area contributed by atoms with Gasteiger partial charge in [-0.05, 0) is 18.2 Å². The molecule has 1 aromatic carbocycles. The van der Waals surface area contributed by atoms with Crippen LogP contribution >= 0.6 is 0 Å². The maximum Gasteiger partial charge on any atom is 0.351 e. The van der Waals surface area contributed by atoms with Crippen LogP contribution in [0.15, 0.2) is 41.3 Å². The molecule has 10 heteroatoms. The number of carbonyl (C=O) groups excluding carboxylic acids is 2. The molecule has 2 aliphatic rings. The van der Waals surface area contributed by atoms with Gasteiger partial charge in [0, 0.05) is 12.6 Å². The number of fused-ring (bicyclic) bond motifs is 1. The van der Waals surface area contributed by atoms with Crippen molar-refractivity contribution in [3.63, 3.8) is 0 Å². The summed E-state index contributed by atoms with van der Waals surface area (Å²) in [5.74, 6) is -1.06. The van der Waals surface area contributed by atoms with Crippen molar-refractivity contribution in [2.45, 2.75) is 24.9 Å². The van der Waals surface area contributed by atoms with Gasteiger partial charge in [0.25, 0.3) is 11.8 Å². The molecule has 1 fully saturated rings. The fourth-order valence-electron chi connectivity index (χ4n) is 3.11. The number of aliphatic hydroxyl groups excluding tert-OH is 1. The average Bonchev–Trinajstić information content (AvgIpc) is 3.12. The number of hydroxylamine groups is 2. The first kappa shape index (κ1) is 17.3. The second-order valence-corrected chi connectivity index (χ2v) is 6.22. The first-order valence-electron chi connectivity index (χ1n) is 8.24. The number of hydrogen-bond acceptors (Lipinski definition) is 8. The van der Waals surface area contributed by atoms with Gasteiger partial charge < -0.3 is 15.6 Å². The SMILES string of the molecule is Nc1ccn([C@H]2CC(O)[C@@H](CON3C(=O)c4ccccc4C3=O)O2)c(=O)n1. The van der Waals surface area contributed by atoms with Crippen LogP contribution in [0.3, 0.4) is 0 Å². The Balaban J connectivity index is 1.43. The summed E-state index contributed by atoms with van der Waals surface area (Å²) in [6, 6.07) is 7.83. The van der Waals surface area contributed by atoms with Crippen LogP contribution in [0.2, 0.25) is 0 Å². The molecule has 1 saturated heterocycles. The first-order chi connectivity index (χ1) is 13.0. The normalized spacial score (nSPS) is 24.5. The number of nitrogens with two attached hydrogens (primary N) is 1. The molecule has 0 radical (unpaired) electrons. The van der Waals surface area contributed by atoms with E-state index in [9.17, 15) is 19.5 Å². The zero-order valence-corrected chi connectivity index (χ0v) is 14.0. The maximum absolute atomic E-state index is 12.3. The minimum Gasteiger partial charge on any atom is -0.390 e. The molecule has 2 aliphatic heterocycles. The number of rotatable bonds is 4. The van der Waals surface area contributed by atoms with E-state index in [0.717, 1.165) is 0 Å². The van der Waals surface area contributed by atoms with Gasteiger partial charge in [0.2, 0.25) is 0 Å². The van der Waals surface area contributed by atoms with Gasteiger partial charge >= 0.3 is 5.69 Å². The lowest BCUT2D eigenvalue weighted by atomic mass is 10.1. The van der Waals surface area contributed by atoms with Gasteiger partial charge in [-0.3, -0.25) is 19.0 Å². The number of aromatic nitrogens is 2. The number of aliphatic hydroxyl groups is 1. The van der Waals surface area contributed by atoms with Crippen molar-refractivity contribution in [1.82, 2.24) is 14.6 Å². The Morgan fingerprint density at radius 1 is 1.19 bits per heavy atom. The number of carbonyl (C=O) groups is 2. The fourth-order valence-corrected chi connectivity index (χ4v) is 3.11. The Bertz CT molecular complexity index is 939. The number of imide groups is 1. The van der Waals surface area contributed by atoms with E-state index in [-0.39, 0.29) is 30.0 Å².